The average molecular weight is 1170 g/mol. The van der Waals surface area contributed by atoms with Crippen molar-refractivity contribution in [2.75, 3.05) is 72.7 Å². The number of hydrogen-bond donors (Lipinski definition) is 1. The number of rotatable bonds is 57. The van der Waals surface area contributed by atoms with Crippen LogP contribution in [0.25, 0.3) is 0 Å². The minimum atomic E-state index is -0.557. The highest BCUT2D eigenvalue weighted by Crippen LogP contribution is 2.41. The molecule has 12 heteroatoms. The van der Waals surface area contributed by atoms with Crippen LogP contribution in [0, 0.1) is 0 Å². The Balaban J connectivity index is 1.43. The van der Waals surface area contributed by atoms with Gasteiger partial charge < -0.3 is 52.5 Å². The monoisotopic (exact) mass is 1170 g/mol. The van der Waals surface area contributed by atoms with Crippen molar-refractivity contribution in [2.24, 2.45) is 0 Å². The van der Waals surface area contributed by atoms with Crippen molar-refractivity contribution in [2.45, 2.75) is 233 Å². The Morgan fingerprint density at radius 2 is 0.607 bits per heavy atom. The molecule has 472 valence electrons. The summed E-state index contributed by atoms with van der Waals surface area (Å²) in [7, 11) is 0. The second-order valence-corrected chi connectivity index (χ2v) is 22.4. The smallest absolute Gasteiger partial charge is 0.338 e. The molecule has 4 aromatic carbocycles. The molecule has 0 atom stereocenters. The normalized spacial score (nSPS) is 11.2. The van der Waals surface area contributed by atoms with Crippen LogP contribution in [-0.2, 0) is 38.8 Å². The molecule has 1 N–H and O–H groups in total. The second-order valence-electron chi connectivity index (χ2n) is 22.4. The van der Waals surface area contributed by atoms with E-state index in [1.807, 2.05) is 72.8 Å². The second kappa shape index (κ2) is 50.2. The van der Waals surface area contributed by atoms with Gasteiger partial charge in [-0.1, -0.05) is 231 Å². The van der Waals surface area contributed by atoms with Gasteiger partial charge in [0.25, 0.3) is 0 Å². The zero-order valence-corrected chi connectivity index (χ0v) is 52.6. The highest BCUT2D eigenvalue weighted by molar-refractivity contribution is 5.91. The van der Waals surface area contributed by atoms with Crippen LogP contribution in [0.5, 0.6) is 34.5 Å². The number of aliphatic hydroxyl groups is 1. The highest BCUT2D eigenvalue weighted by atomic mass is 16.6. The standard InChI is InChI=1S/C72H112O12/c1-4-7-10-13-16-19-22-25-28-31-47-78-66-40-34-62(35-41-66)59-82-69-57-65(72(74)81-56-55-77-54-53-76-52-51-75-50-46-73)58-70(83-60-63-36-42-67(43-37-63)79-48-32-29-26-23-20-17-14-11-8-5-2)71(69)84-61-64-38-44-68(45-39-64)80-49-33-30-27-24-21-18-15-12-9-6-3/h34-45,57-58,73H,4-33,46-56,59-61H2,1-3H3. The zero-order chi connectivity index (χ0) is 59.4. The summed E-state index contributed by atoms with van der Waals surface area (Å²) in [5.74, 6) is 2.96. The Kier molecular flexibility index (Phi) is 42.7. The van der Waals surface area contributed by atoms with E-state index in [0.29, 0.717) is 63.5 Å². The van der Waals surface area contributed by atoms with Crippen LogP contribution in [0.15, 0.2) is 84.9 Å². The average Bonchev–Trinajstić information content (AvgIpc) is 3.55. The first-order valence-corrected chi connectivity index (χ1v) is 33.3. The van der Waals surface area contributed by atoms with Gasteiger partial charge in [-0.2, -0.15) is 0 Å². The largest absolute Gasteiger partial charge is 0.494 e. The van der Waals surface area contributed by atoms with Gasteiger partial charge in [0, 0.05) is 0 Å². The molecule has 0 fully saturated rings. The van der Waals surface area contributed by atoms with Crippen molar-refractivity contribution >= 4 is 5.97 Å². The van der Waals surface area contributed by atoms with Gasteiger partial charge in [-0.3, -0.25) is 0 Å². The maximum absolute atomic E-state index is 13.9. The van der Waals surface area contributed by atoms with Crippen molar-refractivity contribution in [3.63, 3.8) is 0 Å². The summed E-state index contributed by atoms with van der Waals surface area (Å²) < 4.78 is 60.4. The van der Waals surface area contributed by atoms with Crippen molar-refractivity contribution in [1.29, 1.82) is 0 Å². The summed E-state index contributed by atoms with van der Waals surface area (Å²) in [6, 6.07) is 27.3. The van der Waals surface area contributed by atoms with Gasteiger partial charge in [0.1, 0.15) is 43.7 Å². The van der Waals surface area contributed by atoms with Crippen LogP contribution in [0.1, 0.15) is 240 Å². The minimum Gasteiger partial charge on any atom is -0.494 e. The quantitative estimate of drug-likeness (QED) is 0.0334. The maximum atomic E-state index is 13.9. The molecule has 0 unspecified atom stereocenters. The predicted molar refractivity (Wildman–Crippen MR) is 341 cm³/mol. The number of aliphatic hydroxyl groups excluding tert-OH is 1. The fraction of sp³-hybridized carbons (Fsp3) is 0.653. The van der Waals surface area contributed by atoms with Crippen LogP contribution in [0.4, 0.5) is 0 Å². The van der Waals surface area contributed by atoms with Gasteiger partial charge in [-0.05, 0) is 84.5 Å². The third kappa shape index (κ3) is 35.4. The molecular formula is C72H112O12. The van der Waals surface area contributed by atoms with E-state index in [-0.39, 0.29) is 51.8 Å². The SMILES string of the molecule is CCCCCCCCCCCCOc1ccc(COc2cc(C(=O)OCCOCCOCCOCCO)cc(OCc3ccc(OCCCCCCCCCCCC)cc3)c2OCc2ccc(OCCCCCCCCCCCC)cc2)cc1. The first-order valence-electron chi connectivity index (χ1n) is 33.3. The fourth-order valence-corrected chi connectivity index (χ4v) is 9.80. The van der Waals surface area contributed by atoms with Crippen LogP contribution >= 0.6 is 0 Å². The Morgan fingerprint density at radius 1 is 0.321 bits per heavy atom. The molecular weight excluding hydrogens is 1060 g/mol. The van der Waals surface area contributed by atoms with Crippen molar-refractivity contribution in [1.82, 2.24) is 0 Å². The van der Waals surface area contributed by atoms with Gasteiger partial charge in [0.2, 0.25) is 5.75 Å². The molecule has 0 amide bonds. The molecule has 0 aromatic heterocycles. The molecule has 4 rings (SSSR count). The van der Waals surface area contributed by atoms with Crippen molar-refractivity contribution in [3.8, 4) is 34.5 Å². The molecule has 0 saturated carbocycles. The minimum absolute atomic E-state index is 0.0260. The fourth-order valence-electron chi connectivity index (χ4n) is 9.80. The number of unbranched alkanes of at least 4 members (excludes halogenated alkanes) is 27. The lowest BCUT2D eigenvalue weighted by atomic mass is 10.1. The lowest BCUT2D eigenvalue weighted by Crippen LogP contribution is -2.15. The van der Waals surface area contributed by atoms with Gasteiger partial charge in [-0.15, -0.1) is 0 Å². The molecule has 12 nitrogen and oxygen atoms in total. The Hall–Kier alpha value is -5.01. The number of carbonyl (C=O) groups is 1. The van der Waals surface area contributed by atoms with Crippen LogP contribution in [0.2, 0.25) is 0 Å². The van der Waals surface area contributed by atoms with E-state index in [9.17, 15) is 4.79 Å². The van der Waals surface area contributed by atoms with Gasteiger partial charge in [-0.25, -0.2) is 4.79 Å². The van der Waals surface area contributed by atoms with E-state index in [1.165, 1.54) is 173 Å². The summed E-state index contributed by atoms with van der Waals surface area (Å²) >= 11 is 0. The molecule has 0 saturated heterocycles. The number of esters is 1. The summed E-state index contributed by atoms with van der Waals surface area (Å²) in [6.45, 7) is 11.4. The molecule has 0 bridgehead atoms. The Labute approximate surface area is 508 Å². The van der Waals surface area contributed by atoms with Crippen LogP contribution in [-0.4, -0.2) is 83.8 Å². The third-order valence-corrected chi connectivity index (χ3v) is 14.9. The van der Waals surface area contributed by atoms with Gasteiger partial charge in [0.05, 0.1) is 71.6 Å². The lowest BCUT2D eigenvalue weighted by Gasteiger charge is -2.19. The van der Waals surface area contributed by atoms with E-state index in [4.69, 9.17) is 52.5 Å². The summed E-state index contributed by atoms with van der Waals surface area (Å²) in [6.07, 6.45) is 38.5. The first-order chi connectivity index (χ1) is 41.5. The molecule has 0 aliphatic heterocycles. The third-order valence-electron chi connectivity index (χ3n) is 14.9. The zero-order valence-electron chi connectivity index (χ0n) is 52.6. The van der Waals surface area contributed by atoms with Crippen LogP contribution < -0.4 is 28.4 Å². The molecule has 0 spiro atoms. The molecule has 4 aromatic rings. The van der Waals surface area contributed by atoms with E-state index in [2.05, 4.69) is 20.8 Å². The summed E-state index contributed by atoms with van der Waals surface area (Å²) in [5, 5.41) is 8.89. The van der Waals surface area contributed by atoms with E-state index >= 15 is 0 Å². The predicted octanol–water partition coefficient (Wildman–Crippen LogP) is 18.5. The Bertz CT molecular complexity index is 2050. The molecule has 0 heterocycles. The number of carbonyl (C=O) groups excluding carboxylic acids is 1. The molecule has 0 aliphatic carbocycles. The molecule has 84 heavy (non-hydrogen) atoms. The number of ether oxygens (including phenoxy) is 10. The van der Waals surface area contributed by atoms with Crippen molar-refractivity contribution in [3.05, 3.63) is 107 Å². The molecule has 0 aliphatic rings. The lowest BCUT2D eigenvalue weighted by molar-refractivity contribution is -0.00315. The topological polar surface area (TPSA) is 130 Å². The van der Waals surface area contributed by atoms with Crippen LogP contribution in [0.3, 0.4) is 0 Å². The van der Waals surface area contributed by atoms with Gasteiger partial charge in [0.15, 0.2) is 11.5 Å². The maximum Gasteiger partial charge on any atom is 0.338 e. The van der Waals surface area contributed by atoms with E-state index in [0.717, 1.165) is 53.2 Å². The summed E-state index contributed by atoms with van der Waals surface area (Å²) in [5.41, 5.74) is 3.02. The Morgan fingerprint density at radius 3 is 0.929 bits per heavy atom. The number of hydrogen-bond acceptors (Lipinski definition) is 12. The van der Waals surface area contributed by atoms with Gasteiger partial charge >= 0.3 is 5.97 Å². The van der Waals surface area contributed by atoms with E-state index in [1.54, 1.807) is 12.1 Å². The highest BCUT2D eigenvalue weighted by Gasteiger charge is 2.21. The molecule has 0 radical (unpaired) electrons. The number of benzene rings is 4. The summed E-state index contributed by atoms with van der Waals surface area (Å²) in [4.78, 5) is 13.9. The van der Waals surface area contributed by atoms with E-state index < -0.39 is 5.97 Å². The first kappa shape index (κ1) is 71.5. The van der Waals surface area contributed by atoms with Crippen molar-refractivity contribution < 1.29 is 57.3 Å².